The molecule has 2 aromatic rings. The lowest BCUT2D eigenvalue weighted by atomic mass is 10.0. The molecule has 18 heavy (non-hydrogen) atoms. The molecule has 0 saturated heterocycles. The van der Waals surface area contributed by atoms with Crippen molar-refractivity contribution in [3.8, 4) is 5.75 Å². The molecule has 94 valence electrons. The second-order valence-electron chi connectivity index (χ2n) is 3.70. The van der Waals surface area contributed by atoms with Crippen LogP contribution in [-0.2, 0) is 0 Å². The minimum Gasteiger partial charge on any atom is -0.494 e. The molecule has 1 aromatic heterocycles. The van der Waals surface area contributed by atoms with E-state index in [0.29, 0.717) is 0 Å². The summed E-state index contributed by atoms with van der Waals surface area (Å²) in [5.41, 5.74) is 0.198. The van der Waals surface area contributed by atoms with Crippen molar-refractivity contribution < 1.29 is 18.6 Å². The van der Waals surface area contributed by atoms with Gasteiger partial charge < -0.3 is 9.84 Å². The Morgan fingerprint density at radius 2 is 2.06 bits per heavy atom. The first-order valence-corrected chi connectivity index (χ1v) is 5.24. The van der Waals surface area contributed by atoms with Crippen LogP contribution in [0.15, 0.2) is 36.7 Å². The Labute approximate surface area is 103 Å². The predicted octanol–water partition coefficient (Wildman–Crippen LogP) is 2.45. The maximum atomic E-state index is 13.9. The SMILES string of the molecule is COc1cccc(C(O)c2cncc(F)c2)c1F. The van der Waals surface area contributed by atoms with Crippen molar-refractivity contribution in [3.63, 3.8) is 0 Å². The largest absolute Gasteiger partial charge is 0.494 e. The molecule has 0 radical (unpaired) electrons. The summed E-state index contributed by atoms with van der Waals surface area (Å²) in [5, 5.41) is 10.0. The van der Waals surface area contributed by atoms with E-state index in [1.54, 1.807) is 6.07 Å². The number of ether oxygens (including phenoxy) is 1. The summed E-state index contributed by atoms with van der Waals surface area (Å²) in [4.78, 5) is 3.61. The van der Waals surface area contributed by atoms with Crippen molar-refractivity contribution in [2.75, 3.05) is 7.11 Å². The van der Waals surface area contributed by atoms with E-state index in [2.05, 4.69) is 4.98 Å². The molecule has 0 aliphatic heterocycles. The summed E-state index contributed by atoms with van der Waals surface area (Å²) in [5.74, 6) is -1.23. The number of benzene rings is 1. The number of aliphatic hydroxyl groups excluding tert-OH is 1. The molecule has 0 bridgehead atoms. The summed E-state index contributed by atoms with van der Waals surface area (Å²) in [6.07, 6.45) is 1.01. The molecule has 5 heteroatoms. The minimum absolute atomic E-state index is 0.0155. The lowest BCUT2D eigenvalue weighted by molar-refractivity contribution is 0.212. The van der Waals surface area contributed by atoms with Gasteiger partial charge in [-0.1, -0.05) is 12.1 Å². The Hall–Kier alpha value is -2.01. The lowest BCUT2D eigenvalue weighted by Gasteiger charge is -2.13. The molecule has 1 aromatic carbocycles. The van der Waals surface area contributed by atoms with Crippen molar-refractivity contribution in [2.24, 2.45) is 0 Å². The van der Waals surface area contributed by atoms with E-state index in [0.717, 1.165) is 12.3 Å². The highest BCUT2D eigenvalue weighted by Crippen LogP contribution is 2.28. The Balaban J connectivity index is 2.43. The molecular formula is C13H11F2NO2. The van der Waals surface area contributed by atoms with Gasteiger partial charge in [0, 0.05) is 17.3 Å². The van der Waals surface area contributed by atoms with Gasteiger partial charge in [0.15, 0.2) is 11.6 Å². The van der Waals surface area contributed by atoms with Crippen molar-refractivity contribution in [2.45, 2.75) is 6.10 Å². The molecule has 0 spiro atoms. The molecule has 0 amide bonds. The van der Waals surface area contributed by atoms with Crippen LogP contribution in [0.1, 0.15) is 17.2 Å². The second-order valence-corrected chi connectivity index (χ2v) is 3.70. The molecule has 0 aliphatic carbocycles. The smallest absolute Gasteiger partial charge is 0.171 e. The zero-order valence-corrected chi connectivity index (χ0v) is 9.60. The monoisotopic (exact) mass is 251 g/mol. The first-order chi connectivity index (χ1) is 8.63. The fourth-order valence-electron chi connectivity index (χ4n) is 1.65. The number of halogens is 2. The zero-order chi connectivity index (χ0) is 13.1. The third-order valence-corrected chi connectivity index (χ3v) is 2.55. The van der Waals surface area contributed by atoms with Crippen molar-refractivity contribution in [1.29, 1.82) is 0 Å². The average Bonchev–Trinajstić information content (AvgIpc) is 2.38. The molecular weight excluding hydrogens is 240 g/mol. The Morgan fingerprint density at radius 3 is 2.72 bits per heavy atom. The summed E-state index contributed by atoms with van der Waals surface area (Å²) in [6.45, 7) is 0. The fraction of sp³-hybridized carbons (Fsp3) is 0.154. The second kappa shape index (κ2) is 5.10. The topological polar surface area (TPSA) is 42.4 Å². The number of hydrogen-bond acceptors (Lipinski definition) is 3. The summed E-state index contributed by atoms with van der Waals surface area (Å²) < 4.78 is 31.7. The molecule has 2 rings (SSSR count). The van der Waals surface area contributed by atoms with Gasteiger partial charge in [-0.3, -0.25) is 4.98 Å². The third kappa shape index (κ3) is 2.31. The highest BCUT2D eigenvalue weighted by Gasteiger charge is 2.18. The van der Waals surface area contributed by atoms with Crippen molar-refractivity contribution >= 4 is 0 Å². The van der Waals surface area contributed by atoms with Crippen molar-refractivity contribution in [1.82, 2.24) is 4.98 Å². The van der Waals surface area contributed by atoms with Crippen molar-refractivity contribution in [3.05, 3.63) is 59.4 Å². The van der Waals surface area contributed by atoms with Crippen LogP contribution in [-0.4, -0.2) is 17.2 Å². The molecule has 3 nitrogen and oxygen atoms in total. The van der Waals surface area contributed by atoms with Gasteiger partial charge in [-0.15, -0.1) is 0 Å². The highest BCUT2D eigenvalue weighted by atomic mass is 19.1. The maximum Gasteiger partial charge on any atom is 0.171 e. The maximum absolute atomic E-state index is 13.9. The van der Waals surface area contributed by atoms with Crippen LogP contribution in [0.5, 0.6) is 5.75 Å². The highest BCUT2D eigenvalue weighted by molar-refractivity contribution is 5.36. The Kier molecular flexibility index (Phi) is 3.53. The number of hydrogen-bond donors (Lipinski definition) is 1. The molecule has 0 saturated carbocycles. The van der Waals surface area contributed by atoms with Gasteiger partial charge >= 0.3 is 0 Å². The van der Waals surface area contributed by atoms with Crippen LogP contribution in [0.2, 0.25) is 0 Å². The third-order valence-electron chi connectivity index (χ3n) is 2.55. The summed E-state index contributed by atoms with van der Waals surface area (Å²) >= 11 is 0. The summed E-state index contributed by atoms with van der Waals surface area (Å²) in [6, 6.07) is 5.51. The van der Waals surface area contributed by atoms with Gasteiger partial charge in [0.25, 0.3) is 0 Å². The van der Waals surface area contributed by atoms with E-state index in [1.165, 1.54) is 25.4 Å². The quantitative estimate of drug-likeness (QED) is 0.911. The lowest BCUT2D eigenvalue weighted by Crippen LogP contribution is -2.04. The standard InChI is InChI=1S/C13H11F2NO2/c1-18-11-4-2-3-10(12(11)15)13(17)8-5-9(14)7-16-6-8/h2-7,13,17H,1H3. The number of aromatic nitrogens is 1. The fourth-order valence-corrected chi connectivity index (χ4v) is 1.65. The van der Waals surface area contributed by atoms with E-state index < -0.39 is 17.7 Å². The van der Waals surface area contributed by atoms with Gasteiger partial charge in [-0.2, -0.15) is 0 Å². The van der Waals surface area contributed by atoms with Gasteiger partial charge in [-0.25, -0.2) is 8.78 Å². The van der Waals surface area contributed by atoms with E-state index in [1.807, 2.05) is 0 Å². The van der Waals surface area contributed by atoms with Gasteiger partial charge in [-0.05, 0) is 12.1 Å². The average molecular weight is 251 g/mol. The molecule has 0 fully saturated rings. The Bertz CT molecular complexity index is 560. The van der Waals surface area contributed by atoms with Gasteiger partial charge in [0.2, 0.25) is 0 Å². The number of methoxy groups -OCH3 is 1. The van der Waals surface area contributed by atoms with E-state index in [9.17, 15) is 13.9 Å². The summed E-state index contributed by atoms with van der Waals surface area (Å²) in [7, 11) is 1.33. The van der Waals surface area contributed by atoms with E-state index >= 15 is 0 Å². The first-order valence-electron chi connectivity index (χ1n) is 5.24. The van der Waals surface area contributed by atoms with Crippen LogP contribution in [0, 0.1) is 11.6 Å². The Morgan fingerprint density at radius 1 is 1.28 bits per heavy atom. The van der Waals surface area contributed by atoms with E-state index in [4.69, 9.17) is 4.74 Å². The first kappa shape index (κ1) is 12.4. The van der Waals surface area contributed by atoms with Crippen LogP contribution in [0.4, 0.5) is 8.78 Å². The van der Waals surface area contributed by atoms with Crippen LogP contribution < -0.4 is 4.74 Å². The van der Waals surface area contributed by atoms with Crippen LogP contribution in [0.25, 0.3) is 0 Å². The molecule has 1 unspecified atom stereocenters. The molecule has 0 aliphatic rings. The van der Waals surface area contributed by atoms with Crippen LogP contribution >= 0.6 is 0 Å². The molecule has 1 atom stereocenters. The number of nitrogens with zero attached hydrogens (tertiary/aromatic N) is 1. The van der Waals surface area contributed by atoms with Crippen LogP contribution in [0.3, 0.4) is 0 Å². The normalized spacial score (nSPS) is 12.2. The van der Waals surface area contributed by atoms with Gasteiger partial charge in [0.1, 0.15) is 11.9 Å². The number of aliphatic hydroxyl groups is 1. The number of pyridine rings is 1. The van der Waals surface area contributed by atoms with E-state index in [-0.39, 0.29) is 16.9 Å². The number of rotatable bonds is 3. The van der Waals surface area contributed by atoms with Gasteiger partial charge in [0.05, 0.1) is 13.3 Å². The minimum atomic E-state index is -1.29. The molecule has 1 N–H and O–H groups in total. The molecule has 1 heterocycles. The predicted molar refractivity (Wildman–Crippen MR) is 61.2 cm³/mol. The zero-order valence-electron chi connectivity index (χ0n) is 9.60.